The molecular formula is C13H16N2O5S2. The summed E-state index contributed by atoms with van der Waals surface area (Å²) in [5, 5.41) is 0. The van der Waals surface area contributed by atoms with Crippen LogP contribution in [-0.4, -0.2) is 50.2 Å². The van der Waals surface area contributed by atoms with Crippen LogP contribution >= 0.6 is 0 Å². The molecule has 0 spiro atoms. The zero-order chi connectivity index (χ0) is 16.0. The van der Waals surface area contributed by atoms with Gasteiger partial charge < -0.3 is 4.42 Å². The van der Waals surface area contributed by atoms with E-state index in [4.69, 9.17) is 4.42 Å². The van der Waals surface area contributed by atoms with Crippen LogP contribution in [0, 0.1) is 0 Å². The van der Waals surface area contributed by atoms with Gasteiger partial charge in [0.2, 0.25) is 10.0 Å². The van der Waals surface area contributed by atoms with Crippen LogP contribution in [0.3, 0.4) is 0 Å². The van der Waals surface area contributed by atoms with E-state index in [9.17, 15) is 16.8 Å². The molecule has 1 saturated heterocycles. The molecule has 0 amide bonds. The van der Waals surface area contributed by atoms with Crippen molar-refractivity contribution in [2.24, 2.45) is 0 Å². The van der Waals surface area contributed by atoms with Gasteiger partial charge in [-0.15, -0.1) is 0 Å². The van der Waals surface area contributed by atoms with Crippen molar-refractivity contribution in [2.45, 2.75) is 24.3 Å². The van der Waals surface area contributed by atoms with Crippen LogP contribution in [0.2, 0.25) is 0 Å². The number of benzene rings is 1. The molecule has 1 atom stereocenters. The molecule has 120 valence electrons. The van der Waals surface area contributed by atoms with Crippen molar-refractivity contribution < 1.29 is 21.3 Å². The van der Waals surface area contributed by atoms with Gasteiger partial charge in [-0.1, -0.05) is 6.92 Å². The SMILES string of the molecule is CCN(C1CCS(=O)(=O)C1)S(=O)(=O)c1ccc2ncoc2c1. The van der Waals surface area contributed by atoms with E-state index in [0.29, 0.717) is 17.5 Å². The van der Waals surface area contributed by atoms with E-state index in [1.165, 1.54) is 22.8 Å². The standard InChI is InChI=1S/C13H16N2O5S2/c1-2-15(10-5-6-21(16,17)8-10)22(18,19)11-3-4-12-13(7-11)20-9-14-12/h3-4,7,9-10H,2,5-6,8H2,1H3. The lowest BCUT2D eigenvalue weighted by atomic mass is 10.3. The molecule has 22 heavy (non-hydrogen) atoms. The molecule has 1 aromatic carbocycles. The molecule has 0 bridgehead atoms. The van der Waals surface area contributed by atoms with Crippen molar-refractivity contribution in [1.82, 2.24) is 9.29 Å². The Bertz CT molecular complexity index is 901. The summed E-state index contributed by atoms with van der Waals surface area (Å²) in [6, 6.07) is 3.95. The first kappa shape index (κ1) is 15.4. The third-order valence-electron chi connectivity index (χ3n) is 3.84. The van der Waals surface area contributed by atoms with E-state index in [0.717, 1.165) is 0 Å². The van der Waals surface area contributed by atoms with Crippen molar-refractivity contribution in [1.29, 1.82) is 0 Å². The van der Waals surface area contributed by atoms with Gasteiger partial charge in [0.25, 0.3) is 0 Å². The number of sulfonamides is 1. The van der Waals surface area contributed by atoms with Crippen LogP contribution in [-0.2, 0) is 19.9 Å². The molecule has 9 heteroatoms. The highest BCUT2D eigenvalue weighted by Crippen LogP contribution is 2.26. The Kier molecular flexibility index (Phi) is 3.74. The fraction of sp³-hybridized carbons (Fsp3) is 0.462. The van der Waals surface area contributed by atoms with Crippen LogP contribution in [0.1, 0.15) is 13.3 Å². The molecule has 0 aliphatic carbocycles. The molecule has 1 fully saturated rings. The summed E-state index contributed by atoms with van der Waals surface area (Å²) < 4.78 is 55.2. The fourth-order valence-electron chi connectivity index (χ4n) is 2.76. The van der Waals surface area contributed by atoms with Gasteiger partial charge in [-0.3, -0.25) is 0 Å². The van der Waals surface area contributed by atoms with Crippen molar-refractivity contribution in [3.8, 4) is 0 Å². The largest absolute Gasteiger partial charge is 0.443 e. The summed E-state index contributed by atoms with van der Waals surface area (Å²) in [6.45, 7) is 1.92. The van der Waals surface area contributed by atoms with Gasteiger partial charge in [0.1, 0.15) is 5.52 Å². The quantitative estimate of drug-likeness (QED) is 0.821. The van der Waals surface area contributed by atoms with Crippen molar-refractivity contribution in [3.05, 3.63) is 24.6 Å². The van der Waals surface area contributed by atoms with Gasteiger partial charge >= 0.3 is 0 Å². The Labute approximate surface area is 128 Å². The second kappa shape index (κ2) is 5.32. The third-order valence-corrected chi connectivity index (χ3v) is 7.61. The summed E-state index contributed by atoms with van der Waals surface area (Å²) in [5.41, 5.74) is 0.960. The summed E-state index contributed by atoms with van der Waals surface area (Å²) in [4.78, 5) is 4.03. The van der Waals surface area contributed by atoms with Gasteiger partial charge in [0, 0.05) is 18.7 Å². The zero-order valence-corrected chi connectivity index (χ0v) is 13.6. The molecule has 1 aromatic heterocycles. The number of rotatable bonds is 4. The second-order valence-corrected chi connectivity index (χ2v) is 9.37. The normalized spacial score (nSPS) is 21.6. The smallest absolute Gasteiger partial charge is 0.243 e. The van der Waals surface area contributed by atoms with Crippen molar-refractivity contribution in [2.75, 3.05) is 18.1 Å². The van der Waals surface area contributed by atoms with E-state index in [2.05, 4.69) is 4.98 Å². The minimum Gasteiger partial charge on any atom is -0.443 e. The van der Waals surface area contributed by atoms with Crippen molar-refractivity contribution in [3.63, 3.8) is 0 Å². The van der Waals surface area contributed by atoms with Gasteiger partial charge in [0.05, 0.1) is 16.4 Å². The number of aromatic nitrogens is 1. The van der Waals surface area contributed by atoms with Gasteiger partial charge in [-0.05, 0) is 18.6 Å². The Hall–Kier alpha value is -1.45. The maximum absolute atomic E-state index is 12.8. The monoisotopic (exact) mass is 344 g/mol. The number of nitrogens with zero attached hydrogens (tertiary/aromatic N) is 2. The van der Waals surface area contributed by atoms with Crippen LogP contribution < -0.4 is 0 Å². The Morgan fingerprint density at radius 2 is 2.18 bits per heavy atom. The highest BCUT2D eigenvalue weighted by atomic mass is 32.2. The highest BCUT2D eigenvalue weighted by molar-refractivity contribution is 7.92. The lowest BCUT2D eigenvalue weighted by Crippen LogP contribution is -2.40. The minimum absolute atomic E-state index is 0.0326. The van der Waals surface area contributed by atoms with E-state index in [1.807, 2.05) is 0 Å². The summed E-state index contributed by atoms with van der Waals surface area (Å²) in [6.07, 6.45) is 1.59. The molecule has 2 heterocycles. The molecule has 0 N–H and O–H groups in total. The predicted molar refractivity (Wildman–Crippen MR) is 80.6 cm³/mol. The summed E-state index contributed by atoms with van der Waals surface area (Å²) in [5.74, 6) is -0.0878. The molecule has 1 aliphatic heterocycles. The molecule has 1 unspecified atom stereocenters. The van der Waals surface area contributed by atoms with Crippen LogP contribution in [0.25, 0.3) is 11.1 Å². The van der Waals surface area contributed by atoms with E-state index in [1.54, 1.807) is 13.0 Å². The summed E-state index contributed by atoms with van der Waals surface area (Å²) in [7, 11) is -6.93. The van der Waals surface area contributed by atoms with Gasteiger partial charge in [0.15, 0.2) is 21.8 Å². The molecule has 0 radical (unpaired) electrons. The fourth-order valence-corrected chi connectivity index (χ4v) is 6.26. The maximum atomic E-state index is 12.8. The summed E-state index contributed by atoms with van der Waals surface area (Å²) >= 11 is 0. The van der Waals surface area contributed by atoms with Gasteiger partial charge in [-0.2, -0.15) is 4.31 Å². The first-order valence-electron chi connectivity index (χ1n) is 6.89. The number of hydrogen-bond donors (Lipinski definition) is 0. The molecule has 3 rings (SSSR count). The Morgan fingerprint density at radius 3 is 2.82 bits per heavy atom. The molecule has 7 nitrogen and oxygen atoms in total. The Morgan fingerprint density at radius 1 is 1.41 bits per heavy atom. The van der Waals surface area contributed by atoms with Crippen molar-refractivity contribution >= 4 is 31.0 Å². The molecule has 2 aromatic rings. The van der Waals surface area contributed by atoms with Gasteiger partial charge in [-0.25, -0.2) is 21.8 Å². The van der Waals surface area contributed by atoms with Crippen LogP contribution in [0.4, 0.5) is 0 Å². The zero-order valence-electron chi connectivity index (χ0n) is 12.0. The molecule has 0 saturated carbocycles. The second-order valence-electron chi connectivity index (χ2n) is 5.25. The van der Waals surface area contributed by atoms with E-state index >= 15 is 0 Å². The highest BCUT2D eigenvalue weighted by Gasteiger charge is 2.38. The Balaban J connectivity index is 1.99. The third kappa shape index (κ3) is 2.64. The first-order chi connectivity index (χ1) is 10.3. The number of fused-ring (bicyclic) bond motifs is 1. The maximum Gasteiger partial charge on any atom is 0.243 e. The number of oxazole rings is 1. The van der Waals surface area contributed by atoms with E-state index in [-0.39, 0.29) is 22.9 Å². The van der Waals surface area contributed by atoms with Crippen LogP contribution in [0.15, 0.2) is 33.9 Å². The average Bonchev–Trinajstić information content (AvgIpc) is 3.04. The lowest BCUT2D eigenvalue weighted by Gasteiger charge is -2.25. The van der Waals surface area contributed by atoms with E-state index < -0.39 is 25.9 Å². The lowest BCUT2D eigenvalue weighted by molar-refractivity contribution is 0.354. The average molecular weight is 344 g/mol. The number of sulfone groups is 1. The van der Waals surface area contributed by atoms with Crippen LogP contribution in [0.5, 0.6) is 0 Å². The first-order valence-corrected chi connectivity index (χ1v) is 10.1. The topological polar surface area (TPSA) is 97.6 Å². The predicted octanol–water partition coefficient (Wildman–Crippen LogP) is 1.03. The minimum atomic E-state index is -3.77. The molecular weight excluding hydrogens is 328 g/mol. The number of hydrogen-bond acceptors (Lipinski definition) is 6. The molecule has 1 aliphatic rings.